The SMILES string of the molecule is CC(=O)O[C@@H]1[C@H](O[C@H]2[C@H](OCc3ccccc3)[C@@H](N3C(=O)c4ccccc4C3=O)[C@H](O)O[C@@H]2COCc2ccccc2)O[C@@H]2COC(c3ccccc3)O[C@H]2[C@@H]1Oc1ccc2ccccc2c1. The van der Waals surface area contributed by atoms with E-state index in [0.717, 1.165) is 32.4 Å². The summed E-state index contributed by atoms with van der Waals surface area (Å²) in [7, 11) is 0. The molecule has 344 valence electrons. The third-order valence-corrected chi connectivity index (χ3v) is 12.4. The number of aliphatic hydroxyl groups is 1. The number of hydrogen-bond acceptors (Lipinski definition) is 13. The third-order valence-electron chi connectivity index (χ3n) is 12.4. The van der Waals surface area contributed by atoms with Crippen molar-refractivity contribution in [3.8, 4) is 5.75 Å². The van der Waals surface area contributed by atoms with Crippen molar-refractivity contribution >= 4 is 28.6 Å². The molecule has 0 aliphatic carbocycles. The monoisotopic (exact) mass is 907 g/mol. The summed E-state index contributed by atoms with van der Waals surface area (Å²) in [5, 5.41) is 14.0. The molecule has 6 aromatic carbocycles. The summed E-state index contributed by atoms with van der Waals surface area (Å²) in [4.78, 5) is 42.7. The molecule has 0 saturated carbocycles. The molecule has 2 amide bonds. The molecule has 14 nitrogen and oxygen atoms in total. The van der Waals surface area contributed by atoms with Gasteiger partial charge in [0, 0.05) is 12.5 Å². The van der Waals surface area contributed by atoms with Gasteiger partial charge >= 0.3 is 5.97 Å². The average molecular weight is 908 g/mol. The van der Waals surface area contributed by atoms with Crippen LogP contribution >= 0.6 is 0 Å². The lowest BCUT2D eigenvalue weighted by atomic mass is 9.93. The molecule has 4 heterocycles. The van der Waals surface area contributed by atoms with Gasteiger partial charge in [0.15, 0.2) is 31.1 Å². The van der Waals surface area contributed by atoms with E-state index in [4.69, 9.17) is 42.6 Å². The van der Waals surface area contributed by atoms with E-state index in [1.54, 1.807) is 24.3 Å². The Hall–Kier alpha value is -6.33. The normalized spacial score (nSPS) is 28.1. The van der Waals surface area contributed by atoms with E-state index in [1.165, 1.54) is 6.92 Å². The molecule has 67 heavy (non-hydrogen) atoms. The summed E-state index contributed by atoms with van der Waals surface area (Å²) in [6, 6.07) is 46.8. The van der Waals surface area contributed by atoms with E-state index < -0.39 is 85.4 Å². The van der Waals surface area contributed by atoms with Crippen molar-refractivity contribution in [3.63, 3.8) is 0 Å². The Labute approximate surface area is 386 Å². The molecule has 4 aliphatic rings. The zero-order chi connectivity index (χ0) is 45.9. The molecular formula is C53H49NO13. The molecule has 10 rings (SSSR count). The maximum absolute atomic E-state index is 14.2. The van der Waals surface area contributed by atoms with Gasteiger partial charge in [-0.1, -0.05) is 133 Å². The van der Waals surface area contributed by atoms with Crippen LogP contribution in [0.5, 0.6) is 5.75 Å². The van der Waals surface area contributed by atoms with E-state index in [9.17, 15) is 19.5 Å². The topological polar surface area (TPSA) is 158 Å². The van der Waals surface area contributed by atoms with Crippen LogP contribution in [-0.2, 0) is 55.9 Å². The summed E-state index contributed by atoms with van der Waals surface area (Å²) in [5.74, 6) is -1.46. The maximum atomic E-state index is 14.2. The fraction of sp³-hybridized carbons (Fsp3) is 0.302. The van der Waals surface area contributed by atoms with E-state index in [1.807, 2.05) is 133 Å². The minimum absolute atomic E-state index is 0.0187. The summed E-state index contributed by atoms with van der Waals surface area (Å²) in [5.41, 5.74) is 2.76. The largest absolute Gasteiger partial charge is 0.483 e. The first-order valence-corrected chi connectivity index (χ1v) is 22.3. The van der Waals surface area contributed by atoms with Gasteiger partial charge in [0.05, 0.1) is 37.6 Å². The standard InChI is InChI=1S/C53H49NO13/c1-32(55)62-48-47(63-38-26-25-35-19-11-12-22-37(35)27-38)45-42(31-61-52(66-45)36-20-9-4-10-21-36)65-53(48)67-44-41(30-59-28-33-15-5-2-6-16-33)64-51(58)43(46(44)60-29-34-17-7-3-8-18-34)54-49(56)39-23-13-14-24-40(39)50(54)57/h2-27,41-48,51-53,58H,28-31H2,1H3/t41-,42-,43-,44-,45-,46-,47+,48+,51-,52?,53+/m1/s1. The lowest BCUT2D eigenvalue weighted by molar-refractivity contribution is -0.380. The van der Waals surface area contributed by atoms with Crippen LogP contribution in [-0.4, -0.2) is 102 Å². The van der Waals surface area contributed by atoms with Gasteiger partial charge in [-0.3, -0.25) is 19.3 Å². The van der Waals surface area contributed by atoms with Gasteiger partial charge in [0.25, 0.3) is 11.8 Å². The van der Waals surface area contributed by atoms with Gasteiger partial charge in [-0.2, -0.15) is 0 Å². The minimum Gasteiger partial charge on any atom is -0.483 e. The van der Waals surface area contributed by atoms with E-state index in [-0.39, 0.29) is 37.6 Å². The van der Waals surface area contributed by atoms with Gasteiger partial charge in [-0.15, -0.1) is 0 Å². The lowest BCUT2D eigenvalue weighted by Crippen LogP contribution is -2.69. The smallest absolute Gasteiger partial charge is 0.303 e. The quantitative estimate of drug-likeness (QED) is 0.0888. The van der Waals surface area contributed by atoms with E-state index >= 15 is 0 Å². The molecule has 0 bridgehead atoms. The Bertz CT molecular complexity index is 2630. The number of esters is 1. The molecule has 3 fully saturated rings. The molecule has 3 saturated heterocycles. The zero-order valence-corrected chi connectivity index (χ0v) is 36.5. The number of ether oxygens (including phenoxy) is 9. The van der Waals surface area contributed by atoms with Gasteiger partial charge < -0.3 is 47.7 Å². The fourth-order valence-corrected chi connectivity index (χ4v) is 9.22. The molecule has 1 N–H and O–H groups in total. The molecule has 0 radical (unpaired) electrons. The molecule has 0 aromatic heterocycles. The van der Waals surface area contributed by atoms with Gasteiger partial charge in [-0.25, -0.2) is 0 Å². The maximum Gasteiger partial charge on any atom is 0.303 e. The van der Waals surface area contributed by atoms with Crippen LogP contribution in [0.25, 0.3) is 10.8 Å². The Morgan fingerprint density at radius 2 is 1.30 bits per heavy atom. The first-order valence-electron chi connectivity index (χ1n) is 22.3. The van der Waals surface area contributed by atoms with Crippen molar-refractivity contribution in [1.29, 1.82) is 0 Å². The van der Waals surface area contributed by atoms with Crippen LogP contribution in [0.3, 0.4) is 0 Å². The number of fused-ring (bicyclic) bond motifs is 3. The van der Waals surface area contributed by atoms with Crippen LogP contribution < -0.4 is 4.74 Å². The molecule has 11 atom stereocenters. The number of amides is 2. The summed E-state index contributed by atoms with van der Waals surface area (Å²) >= 11 is 0. The highest BCUT2D eigenvalue weighted by Crippen LogP contribution is 2.41. The molecule has 0 spiro atoms. The highest BCUT2D eigenvalue weighted by Gasteiger charge is 2.59. The molecular weight excluding hydrogens is 859 g/mol. The van der Waals surface area contributed by atoms with Gasteiger partial charge in [0.1, 0.15) is 42.3 Å². The number of hydrogen-bond donors (Lipinski definition) is 1. The average Bonchev–Trinajstić information content (AvgIpc) is 3.60. The van der Waals surface area contributed by atoms with Crippen molar-refractivity contribution in [2.75, 3.05) is 13.2 Å². The molecule has 4 aliphatic heterocycles. The summed E-state index contributed by atoms with van der Waals surface area (Å²) in [6.45, 7) is 1.33. The number of nitrogens with zero attached hydrogens (tertiary/aromatic N) is 1. The van der Waals surface area contributed by atoms with Crippen LogP contribution in [0.4, 0.5) is 0 Å². The second-order valence-electron chi connectivity index (χ2n) is 16.8. The molecule has 14 heteroatoms. The Kier molecular flexibility index (Phi) is 13.2. The lowest BCUT2D eigenvalue weighted by Gasteiger charge is -2.51. The molecule has 6 aromatic rings. The number of carbonyl (C=O) groups excluding carboxylic acids is 3. The minimum atomic E-state index is -1.76. The first-order chi connectivity index (χ1) is 32.8. The predicted octanol–water partition coefficient (Wildman–Crippen LogP) is 6.93. The summed E-state index contributed by atoms with van der Waals surface area (Å²) in [6.07, 6.45) is -11.7. The Morgan fingerprint density at radius 1 is 0.672 bits per heavy atom. The Morgan fingerprint density at radius 3 is 1.99 bits per heavy atom. The van der Waals surface area contributed by atoms with E-state index in [2.05, 4.69) is 0 Å². The van der Waals surface area contributed by atoms with E-state index in [0.29, 0.717) is 5.75 Å². The third kappa shape index (κ3) is 9.48. The van der Waals surface area contributed by atoms with Crippen molar-refractivity contribution in [3.05, 3.63) is 186 Å². The Balaban J connectivity index is 1.04. The number of benzene rings is 6. The van der Waals surface area contributed by atoms with Crippen LogP contribution in [0.15, 0.2) is 158 Å². The van der Waals surface area contributed by atoms with Crippen LogP contribution in [0, 0.1) is 0 Å². The second kappa shape index (κ2) is 19.9. The highest BCUT2D eigenvalue weighted by atomic mass is 16.8. The predicted molar refractivity (Wildman–Crippen MR) is 240 cm³/mol. The first kappa shape index (κ1) is 44.5. The second-order valence-corrected chi connectivity index (χ2v) is 16.8. The zero-order valence-electron chi connectivity index (χ0n) is 36.5. The summed E-state index contributed by atoms with van der Waals surface area (Å²) < 4.78 is 59.1. The number of imide groups is 1. The van der Waals surface area contributed by atoms with Crippen molar-refractivity contribution in [2.45, 2.75) is 87.8 Å². The number of rotatable bonds is 14. The van der Waals surface area contributed by atoms with Gasteiger partial charge in [0.2, 0.25) is 0 Å². The fourth-order valence-electron chi connectivity index (χ4n) is 9.22. The number of aliphatic hydroxyl groups excluding tert-OH is 1. The van der Waals surface area contributed by atoms with Crippen molar-refractivity contribution in [1.82, 2.24) is 4.90 Å². The van der Waals surface area contributed by atoms with Crippen LogP contribution in [0.1, 0.15) is 50.6 Å². The number of carbonyl (C=O) groups is 3. The highest BCUT2D eigenvalue weighted by molar-refractivity contribution is 6.21. The van der Waals surface area contributed by atoms with Crippen molar-refractivity contribution < 1.29 is 62.1 Å². The molecule has 1 unspecified atom stereocenters. The van der Waals surface area contributed by atoms with Crippen LogP contribution in [0.2, 0.25) is 0 Å². The van der Waals surface area contributed by atoms with Gasteiger partial charge in [-0.05, 0) is 46.2 Å². The van der Waals surface area contributed by atoms with Crippen molar-refractivity contribution in [2.24, 2.45) is 0 Å².